The molecule has 0 aliphatic carbocycles. The highest BCUT2D eigenvalue weighted by Crippen LogP contribution is 2.29. The van der Waals surface area contributed by atoms with E-state index in [0.717, 1.165) is 4.31 Å². The van der Waals surface area contributed by atoms with Crippen LogP contribution < -0.4 is 0 Å². The molecule has 0 bridgehead atoms. The first-order chi connectivity index (χ1) is 12.1. The van der Waals surface area contributed by atoms with Crippen molar-refractivity contribution in [1.82, 2.24) is 4.31 Å². The summed E-state index contributed by atoms with van der Waals surface area (Å²) in [6.45, 7) is 1.10. The second kappa shape index (κ2) is 6.77. The highest BCUT2D eigenvalue weighted by Gasteiger charge is 2.44. The molecule has 1 aliphatic heterocycles. The summed E-state index contributed by atoms with van der Waals surface area (Å²) < 4.78 is 51.5. The second-order valence-corrected chi connectivity index (χ2v) is 10.6. The summed E-state index contributed by atoms with van der Waals surface area (Å²) in [6.07, 6.45) is 0. The molecule has 2 aromatic carbocycles. The van der Waals surface area contributed by atoms with Gasteiger partial charge in [0, 0.05) is 23.7 Å². The Bertz CT molecular complexity index is 1060. The van der Waals surface area contributed by atoms with Gasteiger partial charge in [0.2, 0.25) is 10.0 Å². The molecule has 0 atom stereocenters. The number of halogens is 1. The fourth-order valence-corrected chi connectivity index (χ4v) is 6.18. The van der Waals surface area contributed by atoms with Gasteiger partial charge in [0.05, 0.1) is 15.0 Å². The van der Waals surface area contributed by atoms with Gasteiger partial charge >= 0.3 is 0 Å². The van der Waals surface area contributed by atoms with E-state index in [0.29, 0.717) is 5.02 Å². The van der Waals surface area contributed by atoms with E-state index in [1.165, 1.54) is 55.5 Å². The van der Waals surface area contributed by atoms with E-state index in [1.807, 2.05) is 0 Å². The SMILES string of the molecule is CC(=O)c1cccc(S(=O)(=O)N2CC(S(=O)(=O)c3ccc(Cl)cc3)C2)c1. The molecule has 1 saturated heterocycles. The van der Waals surface area contributed by atoms with Crippen molar-refractivity contribution in [1.29, 1.82) is 0 Å². The lowest BCUT2D eigenvalue weighted by atomic mass is 10.2. The quantitative estimate of drug-likeness (QED) is 0.702. The van der Waals surface area contributed by atoms with Crippen LogP contribution in [0.2, 0.25) is 5.02 Å². The number of sulfone groups is 1. The number of carbonyl (C=O) groups excluding carboxylic acids is 1. The van der Waals surface area contributed by atoms with Gasteiger partial charge in [-0.25, -0.2) is 16.8 Å². The molecular formula is C17H16ClNO5S2. The summed E-state index contributed by atoms with van der Waals surface area (Å²) in [5, 5.41) is -0.387. The maximum Gasteiger partial charge on any atom is 0.243 e. The summed E-state index contributed by atoms with van der Waals surface area (Å²) in [5.41, 5.74) is 0.289. The van der Waals surface area contributed by atoms with Crippen LogP contribution in [0.25, 0.3) is 0 Å². The minimum Gasteiger partial charge on any atom is -0.295 e. The Labute approximate surface area is 157 Å². The molecule has 0 amide bonds. The normalized spacial score (nSPS) is 16.2. The van der Waals surface area contributed by atoms with Crippen LogP contribution in [0.5, 0.6) is 0 Å². The lowest BCUT2D eigenvalue weighted by Crippen LogP contribution is -2.56. The number of Topliss-reactive ketones (excluding diaryl/α,β-unsaturated/α-hetero) is 1. The average molecular weight is 414 g/mol. The molecule has 1 aliphatic rings. The van der Waals surface area contributed by atoms with Crippen molar-refractivity contribution < 1.29 is 21.6 Å². The molecule has 0 saturated carbocycles. The number of benzene rings is 2. The summed E-state index contributed by atoms with van der Waals surface area (Å²) in [5.74, 6) is -0.242. The molecule has 0 radical (unpaired) electrons. The van der Waals surface area contributed by atoms with Gasteiger partial charge in [-0.3, -0.25) is 4.79 Å². The third-order valence-electron chi connectivity index (χ3n) is 4.27. The Balaban J connectivity index is 1.79. The van der Waals surface area contributed by atoms with Crippen LogP contribution in [0, 0.1) is 0 Å². The number of carbonyl (C=O) groups is 1. The van der Waals surface area contributed by atoms with E-state index >= 15 is 0 Å². The minimum atomic E-state index is -3.84. The number of nitrogens with zero attached hydrogens (tertiary/aromatic N) is 1. The number of ketones is 1. The fraction of sp³-hybridized carbons (Fsp3) is 0.235. The van der Waals surface area contributed by atoms with E-state index in [1.54, 1.807) is 0 Å². The van der Waals surface area contributed by atoms with Gasteiger partial charge in [-0.1, -0.05) is 23.7 Å². The zero-order chi connectivity index (χ0) is 19.1. The van der Waals surface area contributed by atoms with Crippen LogP contribution in [-0.4, -0.2) is 45.3 Å². The van der Waals surface area contributed by atoms with Crippen molar-refractivity contribution in [3.05, 3.63) is 59.1 Å². The Morgan fingerprint density at radius 2 is 1.62 bits per heavy atom. The highest BCUT2D eigenvalue weighted by atomic mass is 35.5. The Kier molecular flexibility index (Phi) is 4.96. The minimum absolute atomic E-state index is 0.0208. The van der Waals surface area contributed by atoms with E-state index in [4.69, 9.17) is 11.6 Å². The van der Waals surface area contributed by atoms with Crippen LogP contribution in [0.3, 0.4) is 0 Å². The third kappa shape index (κ3) is 3.42. The number of rotatable bonds is 5. The van der Waals surface area contributed by atoms with Crippen molar-refractivity contribution in [3.63, 3.8) is 0 Å². The molecule has 0 spiro atoms. The van der Waals surface area contributed by atoms with Crippen molar-refractivity contribution in [2.45, 2.75) is 22.0 Å². The predicted molar refractivity (Wildman–Crippen MR) is 97.6 cm³/mol. The zero-order valence-corrected chi connectivity index (χ0v) is 16.2. The maximum absolute atomic E-state index is 12.6. The Hall–Kier alpha value is -1.74. The predicted octanol–water partition coefficient (Wildman–Crippen LogP) is 2.39. The van der Waals surface area contributed by atoms with Gasteiger partial charge in [-0.05, 0) is 43.3 Å². The first kappa shape index (κ1) is 19.0. The Morgan fingerprint density at radius 3 is 2.19 bits per heavy atom. The average Bonchev–Trinajstić information content (AvgIpc) is 2.53. The monoisotopic (exact) mass is 413 g/mol. The molecule has 3 rings (SSSR count). The molecule has 26 heavy (non-hydrogen) atoms. The number of hydrogen-bond acceptors (Lipinski definition) is 5. The first-order valence-corrected chi connectivity index (χ1v) is 11.1. The van der Waals surface area contributed by atoms with Crippen LogP contribution in [0.1, 0.15) is 17.3 Å². The molecule has 9 heteroatoms. The summed E-state index contributed by atoms with van der Waals surface area (Å²) >= 11 is 5.77. The highest BCUT2D eigenvalue weighted by molar-refractivity contribution is 7.92. The molecule has 1 heterocycles. The van der Waals surface area contributed by atoms with Crippen LogP contribution in [0.15, 0.2) is 58.3 Å². The molecule has 0 N–H and O–H groups in total. The van der Waals surface area contributed by atoms with E-state index in [9.17, 15) is 21.6 Å². The van der Waals surface area contributed by atoms with Gasteiger partial charge in [-0.15, -0.1) is 0 Å². The summed E-state index contributed by atoms with van der Waals surface area (Å²) in [4.78, 5) is 11.5. The van der Waals surface area contributed by atoms with Gasteiger partial charge in [0.1, 0.15) is 0 Å². The van der Waals surface area contributed by atoms with Gasteiger partial charge in [0.25, 0.3) is 0 Å². The van der Waals surface area contributed by atoms with Crippen LogP contribution >= 0.6 is 11.6 Å². The molecular weight excluding hydrogens is 398 g/mol. The smallest absolute Gasteiger partial charge is 0.243 e. The van der Waals surface area contributed by atoms with Gasteiger partial charge < -0.3 is 0 Å². The summed E-state index contributed by atoms with van der Waals surface area (Å²) in [6, 6.07) is 11.5. The van der Waals surface area contributed by atoms with Crippen LogP contribution in [-0.2, 0) is 19.9 Å². The summed E-state index contributed by atoms with van der Waals surface area (Å²) in [7, 11) is -7.48. The van der Waals surface area contributed by atoms with E-state index in [-0.39, 0.29) is 34.2 Å². The second-order valence-electron chi connectivity index (χ2n) is 6.03. The largest absolute Gasteiger partial charge is 0.295 e. The molecule has 1 fully saturated rings. The number of sulfonamides is 1. The topological polar surface area (TPSA) is 88.6 Å². The molecule has 2 aromatic rings. The fourth-order valence-electron chi connectivity index (χ4n) is 2.63. The van der Waals surface area contributed by atoms with Crippen molar-refractivity contribution in [3.8, 4) is 0 Å². The number of hydrogen-bond donors (Lipinski definition) is 0. The first-order valence-electron chi connectivity index (χ1n) is 7.73. The molecule has 0 aromatic heterocycles. The Morgan fingerprint density at radius 1 is 1.00 bits per heavy atom. The van der Waals surface area contributed by atoms with E-state index in [2.05, 4.69) is 0 Å². The zero-order valence-electron chi connectivity index (χ0n) is 13.8. The molecule has 0 unspecified atom stereocenters. The van der Waals surface area contributed by atoms with Gasteiger partial charge in [0.15, 0.2) is 15.6 Å². The van der Waals surface area contributed by atoms with E-state index < -0.39 is 25.1 Å². The third-order valence-corrected chi connectivity index (χ3v) is 8.46. The van der Waals surface area contributed by atoms with Crippen molar-refractivity contribution >= 4 is 37.2 Å². The lowest BCUT2D eigenvalue weighted by Gasteiger charge is -2.37. The van der Waals surface area contributed by atoms with Gasteiger partial charge in [-0.2, -0.15) is 4.31 Å². The van der Waals surface area contributed by atoms with Crippen LogP contribution in [0.4, 0.5) is 0 Å². The molecule has 138 valence electrons. The van der Waals surface area contributed by atoms with Crippen molar-refractivity contribution in [2.75, 3.05) is 13.1 Å². The standard InChI is InChI=1S/C17H16ClNO5S2/c1-12(20)13-3-2-4-16(9-13)26(23,24)19-10-17(11-19)25(21,22)15-7-5-14(18)6-8-15/h2-9,17H,10-11H2,1H3. The maximum atomic E-state index is 12.6. The lowest BCUT2D eigenvalue weighted by molar-refractivity contribution is 0.101. The molecule has 6 nitrogen and oxygen atoms in total. The van der Waals surface area contributed by atoms with Crippen molar-refractivity contribution in [2.24, 2.45) is 0 Å².